The summed E-state index contributed by atoms with van der Waals surface area (Å²) in [5, 5.41) is 3.25. The molecule has 1 saturated carbocycles. The molecule has 0 radical (unpaired) electrons. The number of carbonyl (C=O) groups is 1. The highest BCUT2D eigenvalue weighted by molar-refractivity contribution is 9.10. The minimum Gasteiger partial charge on any atom is -0.379 e. The van der Waals surface area contributed by atoms with Crippen LogP contribution in [0.3, 0.4) is 0 Å². The van der Waals surface area contributed by atoms with E-state index in [1.807, 2.05) is 12.1 Å². The average Bonchev–Trinajstić information content (AvgIpc) is 3.37. The largest absolute Gasteiger partial charge is 0.379 e. The molecule has 1 heterocycles. The van der Waals surface area contributed by atoms with Crippen molar-refractivity contribution in [3.05, 3.63) is 34.3 Å². The molecule has 4 nitrogen and oxygen atoms in total. The van der Waals surface area contributed by atoms with Crippen molar-refractivity contribution in [3.63, 3.8) is 0 Å². The van der Waals surface area contributed by atoms with Gasteiger partial charge in [-0.3, -0.25) is 9.69 Å². The first kappa shape index (κ1) is 17.9. The zero-order valence-corrected chi connectivity index (χ0v) is 16.1. The number of amides is 1. The number of benzene rings is 1. The average molecular weight is 395 g/mol. The van der Waals surface area contributed by atoms with Gasteiger partial charge in [-0.15, -0.1) is 0 Å². The lowest BCUT2D eigenvalue weighted by Gasteiger charge is -2.37. The molecular weight excluding hydrogens is 368 g/mol. The van der Waals surface area contributed by atoms with Gasteiger partial charge in [-0.25, -0.2) is 0 Å². The van der Waals surface area contributed by atoms with Gasteiger partial charge in [-0.1, -0.05) is 41.9 Å². The molecule has 1 aliphatic heterocycles. The zero-order chi connectivity index (χ0) is 17.2. The standard InChI is InChI=1S/C19H27BrN2O2/c1-14(2)17(22-8-10-24-11-9-22)13-21-18(23)19(6-7-19)15-4-3-5-16(20)12-15/h3-5,12,14,17H,6-11,13H2,1-2H3,(H,21,23). The van der Waals surface area contributed by atoms with Crippen LogP contribution in [0.2, 0.25) is 0 Å². The Morgan fingerprint density at radius 2 is 2.04 bits per heavy atom. The number of halogens is 1. The number of hydrogen-bond donors (Lipinski definition) is 1. The molecule has 1 saturated heterocycles. The van der Waals surface area contributed by atoms with Crippen molar-refractivity contribution in [2.24, 2.45) is 5.92 Å². The molecule has 1 aromatic rings. The lowest BCUT2D eigenvalue weighted by Crippen LogP contribution is -2.52. The number of hydrogen-bond acceptors (Lipinski definition) is 3. The minimum atomic E-state index is -0.309. The van der Waals surface area contributed by atoms with Gasteiger partial charge in [-0.2, -0.15) is 0 Å². The molecule has 24 heavy (non-hydrogen) atoms. The first-order valence-corrected chi connectivity index (χ1v) is 9.68. The van der Waals surface area contributed by atoms with Gasteiger partial charge in [0.15, 0.2) is 0 Å². The van der Waals surface area contributed by atoms with E-state index in [1.54, 1.807) is 0 Å². The van der Waals surface area contributed by atoms with Crippen molar-refractivity contribution < 1.29 is 9.53 Å². The van der Waals surface area contributed by atoms with Crippen LogP contribution in [0.15, 0.2) is 28.7 Å². The molecule has 5 heteroatoms. The maximum absolute atomic E-state index is 12.9. The van der Waals surface area contributed by atoms with E-state index in [0.29, 0.717) is 18.5 Å². The van der Waals surface area contributed by atoms with Gasteiger partial charge in [0.05, 0.1) is 18.6 Å². The topological polar surface area (TPSA) is 41.6 Å². The van der Waals surface area contributed by atoms with E-state index in [9.17, 15) is 4.79 Å². The van der Waals surface area contributed by atoms with Crippen LogP contribution < -0.4 is 5.32 Å². The Kier molecular flexibility index (Phi) is 5.63. The van der Waals surface area contributed by atoms with E-state index in [0.717, 1.165) is 49.2 Å². The second-order valence-electron chi connectivity index (χ2n) is 7.26. The Labute approximate surface area is 153 Å². The number of carbonyl (C=O) groups excluding carboxylic acids is 1. The molecule has 0 bridgehead atoms. The molecule has 2 fully saturated rings. The highest BCUT2D eigenvalue weighted by atomic mass is 79.9. The lowest BCUT2D eigenvalue weighted by atomic mass is 9.94. The van der Waals surface area contributed by atoms with Crippen molar-refractivity contribution in [2.75, 3.05) is 32.8 Å². The maximum atomic E-state index is 12.9. The number of morpholine rings is 1. The molecule has 1 atom stereocenters. The molecule has 2 aliphatic rings. The van der Waals surface area contributed by atoms with Gasteiger partial charge in [0.2, 0.25) is 5.91 Å². The third kappa shape index (κ3) is 3.84. The van der Waals surface area contributed by atoms with Crippen LogP contribution in [0.5, 0.6) is 0 Å². The van der Waals surface area contributed by atoms with Crippen LogP contribution in [0.25, 0.3) is 0 Å². The first-order valence-electron chi connectivity index (χ1n) is 8.89. The van der Waals surface area contributed by atoms with Gasteiger partial charge in [0.1, 0.15) is 0 Å². The molecule has 3 rings (SSSR count). The summed E-state index contributed by atoms with van der Waals surface area (Å²) in [7, 11) is 0. The van der Waals surface area contributed by atoms with E-state index in [2.05, 4.69) is 52.1 Å². The monoisotopic (exact) mass is 394 g/mol. The number of nitrogens with zero attached hydrogens (tertiary/aromatic N) is 1. The highest BCUT2D eigenvalue weighted by Crippen LogP contribution is 2.48. The van der Waals surface area contributed by atoms with E-state index in [1.165, 1.54) is 0 Å². The Balaban J connectivity index is 1.63. The second-order valence-corrected chi connectivity index (χ2v) is 8.18. The summed E-state index contributed by atoms with van der Waals surface area (Å²) in [4.78, 5) is 15.3. The summed E-state index contributed by atoms with van der Waals surface area (Å²) in [6, 6.07) is 8.53. The Morgan fingerprint density at radius 3 is 2.62 bits per heavy atom. The molecule has 1 aliphatic carbocycles. The molecular formula is C19H27BrN2O2. The van der Waals surface area contributed by atoms with Gasteiger partial charge >= 0.3 is 0 Å². The summed E-state index contributed by atoms with van der Waals surface area (Å²) in [5.41, 5.74) is 0.818. The Morgan fingerprint density at radius 1 is 1.33 bits per heavy atom. The second kappa shape index (κ2) is 7.54. The van der Waals surface area contributed by atoms with Crippen LogP contribution in [-0.4, -0.2) is 49.7 Å². The van der Waals surface area contributed by atoms with Crippen molar-refractivity contribution in [1.82, 2.24) is 10.2 Å². The van der Waals surface area contributed by atoms with Gasteiger partial charge < -0.3 is 10.1 Å². The van der Waals surface area contributed by atoms with E-state index in [-0.39, 0.29) is 11.3 Å². The molecule has 1 N–H and O–H groups in total. The number of rotatable bonds is 6. The lowest BCUT2D eigenvalue weighted by molar-refractivity contribution is -0.124. The van der Waals surface area contributed by atoms with Gasteiger partial charge in [0, 0.05) is 30.1 Å². The summed E-state index contributed by atoms with van der Waals surface area (Å²) < 4.78 is 6.49. The van der Waals surface area contributed by atoms with Crippen LogP contribution >= 0.6 is 15.9 Å². The molecule has 1 amide bonds. The van der Waals surface area contributed by atoms with Crippen LogP contribution in [0, 0.1) is 5.92 Å². The minimum absolute atomic E-state index is 0.180. The molecule has 132 valence electrons. The van der Waals surface area contributed by atoms with Crippen LogP contribution in [0.4, 0.5) is 0 Å². The molecule has 0 aromatic heterocycles. The molecule has 0 spiro atoms. The predicted octanol–water partition coefficient (Wildman–Crippen LogP) is 2.95. The molecule has 1 unspecified atom stereocenters. The van der Waals surface area contributed by atoms with Gasteiger partial charge in [-0.05, 0) is 36.5 Å². The SMILES string of the molecule is CC(C)C(CNC(=O)C1(c2cccc(Br)c2)CC1)N1CCOCC1. The number of ether oxygens (including phenoxy) is 1. The van der Waals surface area contributed by atoms with E-state index < -0.39 is 0 Å². The van der Waals surface area contributed by atoms with Crippen molar-refractivity contribution in [1.29, 1.82) is 0 Å². The maximum Gasteiger partial charge on any atom is 0.230 e. The van der Waals surface area contributed by atoms with E-state index >= 15 is 0 Å². The Hall–Kier alpha value is -0.910. The smallest absolute Gasteiger partial charge is 0.230 e. The van der Waals surface area contributed by atoms with E-state index in [4.69, 9.17) is 4.74 Å². The quantitative estimate of drug-likeness (QED) is 0.806. The summed E-state index contributed by atoms with van der Waals surface area (Å²) in [5.74, 6) is 0.684. The zero-order valence-electron chi connectivity index (χ0n) is 14.6. The predicted molar refractivity (Wildman–Crippen MR) is 99.1 cm³/mol. The third-order valence-electron chi connectivity index (χ3n) is 5.32. The summed E-state index contributed by atoms with van der Waals surface area (Å²) >= 11 is 3.51. The van der Waals surface area contributed by atoms with Crippen LogP contribution in [0.1, 0.15) is 32.3 Å². The van der Waals surface area contributed by atoms with Crippen molar-refractivity contribution in [3.8, 4) is 0 Å². The third-order valence-corrected chi connectivity index (χ3v) is 5.81. The number of nitrogens with one attached hydrogen (secondary N) is 1. The summed E-state index contributed by atoms with van der Waals surface area (Å²) in [6.07, 6.45) is 1.89. The first-order chi connectivity index (χ1) is 11.5. The Bertz CT molecular complexity index is 580. The van der Waals surface area contributed by atoms with Crippen molar-refractivity contribution >= 4 is 21.8 Å². The summed E-state index contributed by atoms with van der Waals surface area (Å²) in [6.45, 7) is 8.66. The highest BCUT2D eigenvalue weighted by Gasteiger charge is 2.51. The molecule has 1 aromatic carbocycles. The fourth-order valence-corrected chi connectivity index (χ4v) is 4.02. The normalized spacial score (nSPS) is 21.5. The van der Waals surface area contributed by atoms with Crippen molar-refractivity contribution in [2.45, 2.75) is 38.1 Å². The van der Waals surface area contributed by atoms with Crippen LogP contribution in [-0.2, 0) is 14.9 Å². The fraction of sp³-hybridized carbons (Fsp3) is 0.632. The fourth-order valence-electron chi connectivity index (χ4n) is 3.62. The van der Waals surface area contributed by atoms with Gasteiger partial charge in [0.25, 0.3) is 0 Å².